The van der Waals surface area contributed by atoms with E-state index in [2.05, 4.69) is 27.4 Å². The molecular weight excluding hydrogens is 457 g/mol. The van der Waals surface area contributed by atoms with Crippen molar-refractivity contribution in [2.75, 3.05) is 16.8 Å². The standard InChI is InChI=1S/C27H20FN7O/c1-34-16-21(13-22(34)15-30)32-27-31-8-6-24(33-27)19-10-18-7-9-35(26(18)20(11-19)14-29)25(36)12-17-4-2-3-5-23(17)28/h2-6,8,10-11,13,16H,7,9,12H2,1H3,(H,31,32,33). The van der Waals surface area contributed by atoms with Gasteiger partial charge in [-0.1, -0.05) is 18.2 Å². The summed E-state index contributed by atoms with van der Waals surface area (Å²) >= 11 is 0. The molecule has 5 rings (SSSR count). The zero-order valence-electron chi connectivity index (χ0n) is 19.4. The number of carbonyl (C=O) groups is 1. The van der Waals surface area contributed by atoms with Gasteiger partial charge in [-0.05, 0) is 47.9 Å². The van der Waals surface area contributed by atoms with E-state index in [9.17, 15) is 14.4 Å². The minimum absolute atomic E-state index is 0.0767. The second-order valence-electron chi connectivity index (χ2n) is 8.43. The predicted octanol–water partition coefficient (Wildman–Crippen LogP) is 4.24. The van der Waals surface area contributed by atoms with Crippen LogP contribution in [0.25, 0.3) is 11.3 Å². The van der Waals surface area contributed by atoms with Gasteiger partial charge in [0.15, 0.2) is 0 Å². The summed E-state index contributed by atoms with van der Waals surface area (Å²) in [7, 11) is 1.78. The van der Waals surface area contributed by atoms with Gasteiger partial charge in [0.1, 0.15) is 23.6 Å². The van der Waals surface area contributed by atoms with E-state index in [1.54, 1.807) is 65.3 Å². The first kappa shape index (κ1) is 22.8. The Labute approximate surface area is 206 Å². The number of aromatic nitrogens is 3. The average molecular weight is 478 g/mol. The largest absolute Gasteiger partial charge is 0.340 e. The Morgan fingerprint density at radius 2 is 2.00 bits per heavy atom. The fourth-order valence-corrected chi connectivity index (χ4v) is 4.38. The molecule has 4 aromatic rings. The highest BCUT2D eigenvalue weighted by Crippen LogP contribution is 2.36. The van der Waals surface area contributed by atoms with Crippen LogP contribution < -0.4 is 10.2 Å². The van der Waals surface area contributed by atoms with Gasteiger partial charge < -0.3 is 14.8 Å². The van der Waals surface area contributed by atoms with Gasteiger partial charge in [0.05, 0.1) is 29.1 Å². The Balaban J connectivity index is 1.43. The SMILES string of the molecule is Cn1cc(Nc2nccc(-c3cc(C#N)c4c(c3)CCN4C(=O)Cc3ccccc3F)n2)cc1C#N. The number of halogens is 1. The molecule has 9 heteroatoms. The van der Waals surface area contributed by atoms with Crippen molar-refractivity contribution in [1.29, 1.82) is 10.5 Å². The van der Waals surface area contributed by atoms with E-state index in [1.165, 1.54) is 6.07 Å². The van der Waals surface area contributed by atoms with Crippen LogP contribution in [0.3, 0.4) is 0 Å². The molecule has 0 saturated heterocycles. The number of hydrogen-bond donors (Lipinski definition) is 1. The third-order valence-corrected chi connectivity index (χ3v) is 6.11. The summed E-state index contributed by atoms with van der Waals surface area (Å²) in [6.45, 7) is 0.423. The molecule has 0 spiro atoms. The number of aryl methyl sites for hydroxylation is 1. The average Bonchev–Trinajstić information content (AvgIpc) is 3.47. The van der Waals surface area contributed by atoms with Crippen LogP contribution in [0, 0.1) is 28.5 Å². The van der Waals surface area contributed by atoms with E-state index < -0.39 is 5.82 Å². The Hall–Kier alpha value is -5.02. The Kier molecular flexibility index (Phi) is 5.89. The predicted molar refractivity (Wildman–Crippen MR) is 132 cm³/mol. The summed E-state index contributed by atoms with van der Waals surface area (Å²) in [5.74, 6) is -0.326. The number of carbonyl (C=O) groups excluding carboxylic acids is 1. The zero-order valence-corrected chi connectivity index (χ0v) is 19.4. The van der Waals surface area contributed by atoms with Crippen molar-refractivity contribution >= 4 is 23.2 Å². The van der Waals surface area contributed by atoms with Gasteiger partial charge in [0, 0.05) is 31.5 Å². The number of amides is 1. The van der Waals surface area contributed by atoms with Gasteiger partial charge in [0.25, 0.3) is 0 Å². The third kappa shape index (κ3) is 4.26. The summed E-state index contributed by atoms with van der Waals surface area (Å²) in [6.07, 6.45) is 3.89. The quantitative estimate of drug-likeness (QED) is 0.460. The van der Waals surface area contributed by atoms with E-state index in [4.69, 9.17) is 5.26 Å². The van der Waals surface area contributed by atoms with Gasteiger partial charge in [-0.3, -0.25) is 4.79 Å². The topological polar surface area (TPSA) is 111 Å². The van der Waals surface area contributed by atoms with Crippen molar-refractivity contribution in [3.8, 4) is 23.4 Å². The van der Waals surface area contributed by atoms with Crippen molar-refractivity contribution in [2.24, 2.45) is 7.05 Å². The number of benzene rings is 2. The highest BCUT2D eigenvalue weighted by molar-refractivity contribution is 5.98. The number of anilines is 3. The summed E-state index contributed by atoms with van der Waals surface area (Å²) in [5.41, 5.74) is 4.64. The van der Waals surface area contributed by atoms with Gasteiger partial charge in [0.2, 0.25) is 11.9 Å². The molecule has 1 aliphatic heterocycles. The molecule has 0 fully saturated rings. The van der Waals surface area contributed by atoms with E-state index in [-0.39, 0.29) is 12.3 Å². The number of hydrogen-bond acceptors (Lipinski definition) is 6. The number of nitriles is 2. The lowest BCUT2D eigenvalue weighted by Crippen LogP contribution is -2.31. The maximum absolute atomic E-state index is 14.1. The zero-order chi connectivity index (χ0) is 25.2. The first-order chi connectivity index (χ1) is 17.5. The number of fused-ring (bicyclic) bond motifs is 1. The lowest BCUT2D eigenvalue weighted by Gasteiger charge is -2.19. The van der Waals surface area contributed by atoms with Crippen molar-refractivity contribution in [3.63, 3.8) is 0 Å². The molecule has 1 aliphatic rings. The number of rotatable bonds is 5. The van der Waals surface area contributed by atoms with E-state index in [0.29, 0.717) is 52.8 Å². The van der Waals surface area contributed by atoms with E-state index in [1.807, 2.05) is 6.07 Å². The molecule has 2 aromatic heterocycles. The third-order valence-electron chi connectivity index (χ3n) is 6.11. The molecule has 176 valence electrons. The molecule has 0 atom stereocenters. The fraction of sp³-hybridized carbons (Fsp3) is 0.148. The molecule has 3 heterocycles. The minimum atomic E-state index is -0.423. The Bertz CT molecular complexity index is 1580. The van der Waals surface area contributed by atoms with Crippen molar-refractivity contribution in [2.45, 2.75) is 12.8 Å². The molecule has 0 aliphatic carbocycles. The minimum Gasteiger partial charge on any atom is -0.340 e. The van der Waals surface area contributed by atoms with Gasteiger partial charge in [-0.15, -0.1) is 0 Å². The summed E-state index contributed by atoms with van der Waals surface area (Å²) in [6, 6.07) is 17.6. The molecule has 0 radical (unpaired) electrons. The van der Waals surface area contributed by atoms with Gasteiger partial charge in [-0.2, -0.15) is 10.5 Å². The molecule has 36 heavy (non-hydrogen) atoms. The summed E-state index contributed by atoms with van der Waals surface area (Å²) in [5, 5.41) is 22.1. The van der Waals surface area contributed by atoms with Gasteiger partial charge in [-0.25, -0.2) is 14.4 Å². The van der Waals surface area contributed by atoms with Crippen LogP contribution in [0.4, 0.5) is 21.7 Å². The van der Waals surface area contributed by atoms with Crippen molar-refractivity contribution in [1.82, 2.24) is 14.5 Å². The van der Waals surface area contributed by atoms with Crippen LogP contribution in [-0.2, 0) is 24.7 Å². The first-order valence-electron chi connectivity index (χ1n) is 11.2. The first-order valence-corrected chi connectivity index (χ1v) is 11.2. The van der Waals surface area contributed by atoms with Crippen LogP contribution in [0.15, 0.2) is 60.9 Å². The molecule has 1 amide bonds. The monoisotopic (exact) mass is 477 g/mol. The van der Waals surface area contributed by atoms with Crippen molar-refractivity contribution < 1.29 is 9.18 Å². The molecule has 2 aromatic carbocycles. The van der Waals surface area contributed by atoms with E-state index in [0.717, 1.165) is 11.1 Å². The Morgan fingerprint density at radius 3 is 2.75 bits per heavy atom. The smallest absolute Gasteiger partial charge is 0.231 e. The molecule has 0 saturated carbocycles. The lowest BCUT2D eigenvalue weighted by molar-refractivity contribution is -0.117. The molecule has 1 N–H and O–H groups in total. The van der Waals surface area contributed by atoms with Crippen molar-refractivity contribution in [3.05, 3.63) is 89.1 Å². The highest BCUT2D eigenvalue weighted by atomic mass is 19.1. The maximum Gasteiger partial charge on any atom is 0.231 e. The van der Waals surface area contributed by atoms with Crippen LogP contribution in [0.1, 0.15) is 22.4 Å². The molecule has 0 unspecified atom stereocenters. The maximum atomic E-state index is 14.1. The van der Waals surface area contributed by atoms with Crippen LogP contribution >= 0.6 is 0 Å². The lowest BCUT2D eigenvalue weighted by atomic mass is 10.0. The van der Waals surface area contributed by atoms with Crippen LogP contribution in [0.2, 0.25) is 0 Å². The summed E-state index contributed by atoms with van der Waals surface area (Å²) in [4.78, 5) is 23.4. The molecule has 8 nitrogen and oxygen atoms in total. The second-order valence-corrected chi connectivity index (χ2v) is 8.43. The van der Waals surface area contributed by atoms with Gasteiger partial charge >= 0.3 is 0 Å². The Morgan fingerprint density at radius 1 is 1.17 bits per heavy atom. The number of nitrogens with zero attached hydrogens (tertiary/aromatic N) is 6. The van der Waals surface area contributed by atoms with Crippen LogP contribution in [0.5, 0.6) is 0 Å². The second kappa shape index (κ2) is 9.32. The highest BCUT2D eigenvalue weighted by Gasteiger charge is 2.29. The van der Waals surface area contributed by atoms with Crippen LogP contribution in [-0.4, -0.2) is 27.0 Å². The molecule has 0 bridgehead atoms. The number of nitrogens with one attached hydrogen (secondary N) is 1. The fourth-order valence-electron chi connectivity index (χ4n) is 4.38. The summed E-state index contributed by atoms with van der Waals surface area (Å²) < 4.78 is 15.8. The molecular formula is C27H20FN7O. The normalized spacial score (nSPS) is 12.1. The van der Waals surface area contributed by atoms with E-state index >= 15 is 0 Å².